The summed E-state index contributed by atoms with van der Waals surface area (Å²) in [5.41, 5.74) is -0.354. The normalized spacial score (nSPS) is 11.8. The summed E-state index contributed by atoms with van der Waals surface area (Å²) in [6.07, 6.45) is 0. The Morgan fingerprint density at radius 1 is 1.22 bits per heavy atom. The van der Waals surface area contributed by atoms with Crippen LogP contribution < -0.4 is 15.0 Å². The first-order valence-electron chi connectivity index (χ1n) is 7.32. The molecule has 0 amide bonds. The third-order valence-corrected chi connectivity index (χ3v) is 6.15. The maximum Gasteiger partial charge on any atom is 0.449 e. The van der Waals surface area contributed by atoms with Crippen LogP contribution in [0.15, 0.2) is 56.8 Å². The minimum atomic E-state index is -4.35. The van der Waals surface area contributed by atoms with Crippen LogP contribution >= 0.6 is 22.9 Å². The number of fused-ring (bicyclic) bond motifs is 1. The van der Waals surface area contributed by atoms with Gasteiger partial charge in [-0.15, -0.1) is 0 Å². The van der Waals surface area contributed by atoms with E-state index in [-0.39, 0.29) is 5.13 Å². The first-order valence-corrected chi connectivity index (χ1v) is 10.00. The highest BCUT2D eigenvalue weighted by molar-refractivity contribution is 7.92. The average Bonchev–Trinajstić information content (AvgIpc) is 3.18. The van der Waals surface area contributed by atoms with Crippen molar-refractivity contribution in [2.75, 3.05) is 4.72 Å². The van der Waals surface area contributed by atoms with E-state index >= 15 is 0 Å². The summed E-state index contributed by atoms with van der Waals surface area (Å²) in [6, 6.07) is 9.96. The van der Waals surface area contributed by atoms with E-state index in [0.717, 1.165) is 16.0 Å². The zero-order valence-electron chi connectivity index (χ0n) is 13.1. The fourth-order valence-electron chi connectivity index (χ4n) is 2.36. The molecule has 12 heteroatoms. The summed E-state index contributed by atoms with van der Waals surface area (Å²) < 4.78 is 47.1. The van der Waals surface area contributed by atoms with Crippen LogP contribution in [0.25, 0.3) is 15.9 Å². The van der Waals surface area contributed by atoms with Crippen molar-refractivity contribution in [1.82, 2.24) is 10.3 Å². The molecule has 2 heterocycles. The fraction of sp³-hybridized carbons (Fsp3) is 0. The molecule has 2 aromatic heterocycles. The highest BCUT2D eigenvalue weighted by Gasteiger charge is 2.37. The molecule has 138 valence electrons. The van der Waals surface area contributed by atoms with Crippen LogP contribution in [0.1, 0.15) is 0 Å². The Hall–Kier alpha value is -2.76. The highest BCUT2D eigenvalue weighted by Crippen LogP contribution is 2.27. The van der Waals surface area contributed by atoms with Crippen molar-refractivity contribution >= 4 is 48.3 Å². The number of H-pyrrole nitrogens is 1. The zero-order valence-corrected chi connectivity index (χ0v) is 15.5. The Bertz CT molecular complexity index is 1310. The predicted molar refractivity (Wildman–Crippen MR) is 96.3 cm³/mol. The van der Waals surface area contributed by atoms with Gasteiger partial charge < -0.3 is 0 Å². The van der Waals surface area contributed by atoms with Crippen molar-refractivity contribution < 1.29 is 22.0 Å². The molecule has 4 rings (SSSR count). The van der Waals surface area contributed by atoms with Crippen LogP contribution in [0.5, 0.6) is 0 Å². The molecule has 8 nitrogen and oxygen atoms in total. The van der Waals surface area contributed by atoms with Crippen LogP contribution in [0, 0.1) is 5.82 Å². The summed E-state index contributed by atoms with van der Waals surface area (Å²) in [6.45, 7) is 0. The van der Waals surface area contributed by atoms with Crippen LogP contribution in [-0.4, -0.2) is 18.7 Å². The number of benzene rings is 2. The SMILES string of the molecule is O=c1o[nH][n+](-c2ccc(Cl)cc2)c1S(=O)(=O)Nc1nc2ccc(F)cc2s1. The first kappa shape index (κ1) is 17.6. The summed E-state index contributed by atoms with van der Waals surface area (Å²) in [5, 5.41) is 1.99. The lowest BCUT2D eigenvalue weighted by molar-refractivity contribution is -0.705. The summed E-state index contributed by atoms with van der Waals surface area (Å²) in [4.78, 5) is 16.1. The lowest BCUT2D eigenvalue weighted by atomic mass is 10.3. The predicted octanol–water partition coefficient (Wildman–Crippen LogP) is 2.45. The van der Waals surface area contributed by atoms with Crippen molar-refractivity contribution in [3.05, 3.63) is 63.7 Å². The van der Waals surface area contributed by atoms with Gasteiger partial charge in [0.05, 0.1) is 10.2 Å². The molecule has 0 atom stereocenters. The number of thiazole rings is 1. The van der Waals surface area contributed by atoms with E-state index in [1.54, 1.807) is 0 Å². The molecule has 0 unspecified atom stereocenters. The minimum Gasteiger partial charge on any atom is -0.281 e. The summed E-state index contributed by atoms with van der Waals surface area (Å²) in [5.74, 6) is -0.465. The number of anilines is 1. The van der Waals surface area contributed by atoms with E-state index in [1.165, 1.54) is 42.5 Å². The number of aromatic nitrogens is 3. The number of nitrogens with zero attached hydrogens (tertiary/aromatic N) is 2. The number of hydrogen-bond donors (Lipinski definition) is 2. The van der Waals surface area contributed by atoms with Crippen molar-refractivity contribution in [3.63, 3.8) is 0 Å². The second-order valence-electron chi connectivity index (χ2n) is 5.33. The molecule has 2 N–H and O–H groups in total. The number of sulfonamides is 1. The van der Waals surface area contributed by atoms with E-state index in [9.17, 15) is 17.6 Å². The van der Waals surface area contributed by atoms with Gasteiger partial charge in [-0.05, 0) is 40.3 Å². The lowest BCUT2D eigenvalue weighted by Crippen LogP contribution is -2.42. The van der Waals surface area contributed by atoms with Crippen molar-refractivity contribution in [2.24, 2.45) is 0 Å². The zero-order chi connectivity index (χ0) is 19.2. The number of hydrogen-bond acceptors (Lipinski definition) is 6. The monoisotopic (exact) mass is 427 g/mol. The van der Waals surface area contributed by atoms with Gasteiger partial charge in [0, 0.05) is 17.2 Å². The van der Waals surface area contributed by atoms with Crippen LogP contribution in [-0.2, 0) is 10.0 Å². The second kappa shape index (κ2) is 6.44. The molecule has 0 saturated heterocycles. The van der Waals surface area contributed by atoms with Gasteiger partial charge in [-0.1, -0.05) is 22.9 Å². The van der Waals surface area contributed by atoms with Crippen LogP contribution in [0.3, 0.4) is 0 Å². The molecule has 0 radical (unpaired) electrons. The lowest BCUT2D eigenvalue weighted by Gasteiger charge is -1.99. The second-order valence-corrected chi connectivity index (χ2v) is 8.40. The van der Waals surface area contributed by atoms with Crippen LogP contribution in [0.4, 0.5) is 9.52 Å². The minimum absolute atomic E-state index is 0.0149. The Morgan fingerprint density at radius 2 is 1.96 bits per heavy atom. The first-order chi connectivity index (χ1) is 12.8. The van der Waals surface area contributed by atoms with E-state index in [1.807, 2.05) is 0 Å². The highest BCUT2D eigenvalue weighted by atomic mass is 35.5. The third kappa shape index (κ3) is 3.31. The molecule has 4 aromatic rings. The van der Waals surface area contributed by atoms with Crippen molar-refractivity contribution in [1.29, 1.82) is 0 Å². The quantitative estimate of drug-likeness (QED) is 0.486. The fourth-order valence-corrected chi connectivity index (χ4v) is 4.74. The van der Waals surface area contributed by atoms with Gasteiger partial charge in [0.2, 0.25) is 5.69 Å². The van der Waals surface area contributed by atoms with Gasteiger partial charge in [0.1, 0.15) is 5.82 Å². The molecule has 0 bridgehead atoms. The largest absolute Gasteiger partial charge is 0.449 e. The Labute approximate surface area is 159 Å². The van der Waals surface area contributed by atoms with E-state index in [2.05, 4.69) is 19.5 Å². The van der Waals surface area contributed by atoms with Crippen LogP contribution in [0.2, 0.25) is 5.02 Å². The molecular weight excluding hydrogens is 419 g/mol. The molecule has 0 spiro atoms. The van der Waals surface area contributed by atoms with Crippen molar-refractivity contribution in [2.45, 2.75) is 5.03 Å². The number of rotatable bonds is 4. The van der Waals surface area contributed by atoms with Gasteiger partial charge in [0.15, 0.2) is 5.13 Å². The van der Waals surface area contributed by atoms with Gasteiger partial charge >= 0.3 is 20.7 Å². The summed E-state index contributed by atoms with van der Waals surface area (Å²) >= 11 is 6.76. The van der Waals surface area contributed by atoms with Gasteiger partial charge in [-0.3, -0.25) is 4.52 Å². The molecule has 0 aliphatic carbocycles. The number of aromatic amines is 1. The van der Waals surface area contributed by atoms with Gasteiger partial charge in [-0.25, -0.2) is 18.9 Å². The van der Waals surface area contributed by atoms with Gasteiger partial charge in [-0.2, -0.15) is 8.42 Å². The van der Waals surface area contributed by atoms with Crippen molar-refractivity contribution in [3.8, 4) is 5.69 Å². The maximum absolute atomic E-state index is 13.3. The standard InChI is InChI=1S/C15H8ClFN4O4S2/c16-8-1-4-10(5-2-8)21-13(14(22)25-20-21)27(23,24)19-15-18-11-6-3-9(17)7-12(11)26-15/h1-7H,(H-,18,19,20,22)/p+1. The smallest absolute Gasteiger partial charge is 0.281 e. The molecule has 0 aliphatic heterocycles. The molecular formula is C15H9ClFN4O4S2+. The summed E-state index contributed by atoms with van der Waals surface area (Å²) in [7, 11) is -4.35. The topological polar surface area (TPSA) is 109 Å². The van der Waals surface area contributed by atoms with E-state index < -0.39 is 26.5 Å². The van der Waals surface area contributed by atoms with Gasteiger partial charge in [0.25, 0.3) is 0 Å². The molecule has 27 heavy (non-hydrogen) atoms. The maximum atomic E-state index is 13.3. The van der Waals surface area contributed by atoms with E-state index in [0.29, 0.717) is 20.9 Å². The molecule has 0 saturated carbocycles. The number of nitrogens with one attached hydrogen (secondary N) is 2. The van der Waals surface area contributed by atoms with E-state index in [4.69, 9.17) is 11.6 Å². The Kier molecular flexibility index (Phi) is 4.21. The molecule has 2 aromatic carbocycles. The average molecular weight is 428 g/mol. The third-order valence-electron chi connectivity index (χ3n) is 3.52. The Balaban J connectivity index is 1.76. The molecule has 0 aliphatic rings. The molecule has 0 fully saturated rings. The Morgan fingerprint density at radius 3 is 2.70 bits per heavy atom. The number of halogens is 2.